The molecular formula is C11H10N2O3. The zero-order valence-electron chi connectivity index (χ0n) is 8.67. The first kappa shape index (κ1) is 10.4. The van der Waals surface area contributed by atoms with E-state index < -0.39 is 5.97 Å². The lowest BCUT2D eigenvalue weighted by Crippen LogP contribution is -1.95. The van der Waals surface area contributed by atoms with Crippen LogP contribution in [0, 0.1) is 0 Å². The molecule has 0 fully saturated rings. The first-order valence-corrected chi connectivity index (χ1v) is 4.85. The third-order valence-corrected chi connectivity index (χ3v) is 2.15. The molecule has 0 saturated carbocycles. The molecule has 0 aromatic carbocycles. The molecular weight excluding hydrogens is 208 g/mol. The maximum atomic E-state index is 10.6. The number of carboxylic acid groups (broad SMARTS) is 1. The van der Waals surface area contributed by atoms with Gasteiger partial charge in [-0.3, -0.25) is 4.98 Å². The molecule has 1 N–H and O–H groups in total. The number of hydrogen-bond acceptors (Lipinski definition) is 4. The Morgan fingerprint density at radius 2 is 2.38 bits per heavy atom. The van der Waals surface area contributed by atoms with E-state index in [2.05, 4.69) is 9.97 Å². The second-order valence-corrected chi connectivity index (χ2v) is 3.23. The van der Waals surface area contributed by atoms with Crippen molar-refractivity contribution >= 4 is 5.97 Å². The third-order valence-electron chi connectivity index (χ3n) is 2.15. The number of carbonyl (C=O) groups is 1. The van der Waals surface area contributed by atoms with Crippen molar-refractivity contribution in [3.63, 3.8) is 0 Å². The molecule has 0 radical (unpaired) electrons. The first-order chi connectivity index (χ1) is 7.70. The molecule has 0 aliphatic rings. The van der Waals surface area contributed by atoms with Gasteiger partial charge in [0, 0.05) is 17.5 Å². The number of rotatable bonds is 3. The lowest BCUT2D eigenvalue weighted by Gasteiger charge is -1.97. The van der Waals surface area contributed by atoms with E-state index in [0.717, 1.165) is 23.9 Å². The number of aromatic carboxylic acids is 1. The Kier molecular flexibility index (Phi) is 2.68. The maximum absolute atomic E-state index is 10.6. The summed E-state index contributed by atoms with van der Waals surface area (Å²) in [5, 5.41) is 8.71. The molecule has 0 aliphatic carbocycles. The van der Waals surface area contributed by atoms with Gasteiger partial charge >= 0.3 is 5.97 Å². The zero-order valence-corrected chi connectivity index (χ0v) is 8.67. The molecule has 2 heterocycles. The summed E-state index contributed by atoms with van der Waals surface area (Å²) >= 11 is 0. The molecule has 5 nitrogen and oxygen atoms in total. The molecule has 5 heteroatoms. The van der Waals surface area contributed by atoms with Crippen molar-refractivity contribution in [2.24, 2.45) is 0 Å². The molecule has 0 amide bonds. The zero-order chi connectivity index (χ0) is 11.5. The van der Waals surface area contributed by atoms with Gasteiger partial charge in [-0.2, -0.15) is 0 Å². The van der Waals surface area contributed by atoms with Crippen molar-refractivity contribution in [1.82, 2.24) is 9.97 Å². The molecule has 0 unspecified atom stereocenters. The van der Waals surface area contributed by atoms with Crippen molar-refractivity contribution in [3.05, 3.63) is 36.0 Å². The monoisotopic (exact) mass is 218 g/mol. The van der Waals surface area contributed by atoms with E-state index in [4.69, 9.17) is 9.52 Å². The lowest BCUT2D eigenvalue weighted by molar-refractivity contribution is 0.0690. The highest BCUT2D eigenvalue weighted by Crippen LogP contribution is 2.18. The summed E-state index contributed by atoms with van der Waals surface area (Å²) in [6, 6.07) is 3.56. The number of oxazole rings is 1. The van der Waals surface area contributed by atoms with Gasteiger partial charge in [0.25, 0.3) is 0 Å². The minimum atomic E-state index is -1.10. The molecule has 0 aliphatic heterocycles. The van der Waals surface area contributed by atoms with E-state index >= 15 is 0 Å². The average Bonchev–Trinajstić information content (AvgIpc) is 2.78. The molecule has 0 spiro atoms. The fourth-order valence-corrected chi connectivity index (χ4v) is 1.31. The molecule has 2 aromatic heterocycles. The van der Waals surface area contributed by atoms with E-state index in [9.17, 15) is 4.79 Å². The summed E-state index contributed by atoms with van der Waals surface area (Å²) in [6.45, 7) is 1.99. The van der Waals surface area contributed by atoms with E-state index in [1.54, 1.807) is 12.3 Å². The maximum Gasteiger partial charge on any atom is 0.357 e. The van der Waals surface area contributed by atoms with Crippen molar-refractivity contribution < 1.29 is 14.3 Å². The van der Waals surface area contributed by atoms with Crippen LogP contribution in [0.4, 0.5) is 0 Å². The molecule has 82 valence electrons. The predicted octanol–water partition coefficient (Wildman–Crippen LogP) is 2.00. The fourth-order valence-electron chi connectivity index (χ4n) is 1.31. The van der Waals surface area contributed by atoms with E-state index in [1.807, 2.05) is 13.0 Å². The van der Waals surface area contributed by atoms with Crippen LogP contribution in [0.5, 0.6) is 0 Å². The molecule has 0 bridgehead atoms. The molecule has 2 aromatic rings. The van der Waals surface area contributed by atoms with Crippen LogP contribution in [0.3, 0.4) is 0 Å². The highest BCUT2D eigenvalue weighted by Gasteiger charge is 2.11. The first-order valence-electron chi connectivity index (χ1n) is 4.85. The van der Waals surface area contributed by atoms with Crippen LogP contribution >= 0.6 is 0 Å². The van der Waals surface area contributed by atoms with Crippen LogP contribution in [0.15, 0.2) is 29.0 Å². The van der Waals surface area contributed by atoms with Gasteiger partial charge in [0.05, 0.1) is 0 Å². The Bertz CT molecular complexity index is 519. The van der Waals surface area contributed by atoms with Crippen LogP contribution in [-0.4, -0.2) is 21.0 Å². The quantitative estimate of drug-likeness (QED) is 0.852. The number of aromatic nitrogens is 2. The van der Waals surface area contributed by atoms with Crippen LogP contribution in [0.2, 0.25) is 0 Å². The summed E-state index contributed by atoms with van der Waals surface area (Å²) in [6.07, 6.45) is 3.59. The smallest absolute Gasteiger partial charge is 0.357 e. The van der Waals surface area contributed by atoms with Gasteiger partial charge in [-0.05, 0) is 18.6 Å². The van der Waals surface area contributed by atoms with Gasteiger partial charge in [-0.1, -0.05) is 6.92 Å². The standard InChI is InChI=1S/C11H10N2O3/c1-2-8-5-7(3-4-12-8)10-13-9(6-16-10)11(14)15/h3-6H,2H2,1H3,(H,14,15). The van der Waals surface area contributed by atoms with Gasteiger partial charge in [0.2, 0.25) is 5.89 Å². The normalized spacial score (nSPS) is 10.3. The Labute approximate surface area is 91.8 Å². The summed E-state index contributed by atoms with van der Waals surface area (Å²) in [5.41, 5.74) is 1.55. The molecule has 2 rings (SSSR count). The van der Waals surface area contributed by atoms with Crippen LogP contribution in [0.1, 0.15) is 23.1 Å². The van der Waals surface area contributed by atoms with Crippen LogP contribution in [-0.2, 0) is 6.42 Å². The minimum Gasteiger partial charge on any atom is -0.476 e. The van der Waals surface area contributed by atoms with E-state index in [0.29, 0.717) is 5.89 Å². The summed E-state index contributed by atoms with van der Waals surface area (Å²) in [4.78, 5) is 18.6. The number of nitrogens with zero attached hydrogens (tertiary/aromatic N) is 2. The van der Waals surface area contributed by atoms with Crippen molar-refractivity contribution in [3.8, 4) is 11.5 Å². The summed E-state index contributed by atoms with van der Waals surface area (Å²) < 4.78 is 5.09. The molecule has 16 heavy (non-hydrogen) atoms. The van der Waals surface area contributed by atoms with Crippen molar-refractivity contribution in [2.45, 2.75) is 13.3 Å². The van der Waals surface area contributed by atoms with E-state index in [-0.39, 0.29) is 5.69 Å². The largest absolute Gasteiger partial charge is 0.476 e. The topological polar surface area (TPSA) is 76.2 Å². The van der Waals surface area contributed by atoms with Crippen molar-refractivity contribution in [2.75, 3.05) is 0 Å². The van der Waals surface area contributed by atoms with Crippen LogP contribution in [0.25, 0.3) is 11.5 Å². The second-order valence-electron chi connectivity index (χ2n) is 3.23. The number of pyridine rings is 1. The highest BCUT2D eigenvalue weighted by atomic mass is 16.4. The molecule has 0 saturated heterocycles. The second kappa shape index (κ2) is 4.14. The third kappa shape index (κ3) is 1.93. The lowest BCUT2D eigenvalue weighted by atomic mass is 10.2. The Morgan fingerprint density at radius 3 is 3.00 bits per heavy atom. The number of aryl methyl sites for hydroxylation is 1. The highest BCUT2D eigenvalue weighted by molar-refractivity contribution is 5.85. The SMILES string of the molecule is CCc1cc(-c2nc(C(=O)O)co2)ccn1. The van der Waals surface area contributed by atoms with Gasteiger partial charge in [0.15, 0.2) is 5.69 Å². The van der Waals surface area contributed by atoms with Gasteiger partial charge < -0.3 is 9.52 Å². The Morgan fingerprint density at radius 1 is 1.56 bits per heavy atom. The Hall–Kier alpha value is -2.17. The summed E-state index contributed by atoms with van der Waals surface area (Å²) in [7, 11) is 0. The minimum absolute atomic E-state index is 0.0927. The van der Waals surface area contributed by atoms with Gasteiger partial charge in [-0.25, -0.2) is 9.78 Å². The van der Waals surface area contributed by atoms with Gasteiger partial charge in [0.1, 0.15) is 6.26 Å². The van der Waals surface area contributed by atoms with Gasteiger partial charge in [-0.15, -0.1) is 0 Å². The van der Waals surface area contributed by atoms with Crippen molar-refractivity contribution in [1.29, 1.82) is 0 Å². The summed E-state index contributed by atoms with van der Waals surface area (Å²) in [5.74, 6) is -0.797. The number of hydrogen-bond donors (Lipinski definition) is 1. The fraction of sp³-hybridized carbons (Fsp3) is 0.182. The Balaban J connectivity index is 2.38. The van der Waals surface area contributed by atoms with E-state index in [1.165, 1.54) is 0 Å². The average molecular weight is 218 g/mol. The predicted molar refractivity (Wildman–Crippen MR) is 56.1 cm³/mol. The van der Waals surface area contributed by atoms with Crippen LogP contribution < -0.4 is 0 Å². The molecule has 0 atom stereocenters. The number of carboxylic acids is 1.